The summed E-state index contributed by atoms with van der Waals surface area (Å²) in [5.74, 6) is -0.129. The van der Waals surface area contributed by atoms with Crippen molar-refractivity contribution < 1.29 is 27.5 Å². The quantitative estimate of drug-likeness (QED) is 0.327. The van der Waals surface area contributed by atoms with Gasteiger partial charge >= 0.3 is 0 Å². The molecule has 0 aliphatic heterocycles. The van der Waals surface area contributed by atoms with E-state index in [2.05, 4.69) is 5.32 Å². The van der Waals surface area contributed by atoms with Crippen LogP contribution < -0.4 is 19.1 Å². The maximum atomic E-state index is 14.1. The number of aryl methyl sites for hydroxylation is 1. The lowest BCUT2D eigenvalue weighted by atomic mass is 10.1. The first-order valence-corrected chi connectivity index (χ1v) is 15.5. The maximum Gasteiger partial charge on any atom is 0.264 e. The lowest BCUT2D eigenvalue weighted by Crippen LogP contribution is -2.52. The normalized spacial score (nSPS) is 14.2. The number of sulfonamides is 1. The summed E-state index contributed by atoms with van der Waals surface area (Å²) >= 11 is 0. The predicted octanol–water partition coefficient (Wildman–Crippen LogP) is 4.68. The number of hydrogen-bond acceptors (Lipinski definition) is 6. The van der Waals surface area contributed by atoms with E-state index in [-0.39, 0.29) is 29.1 Å². The fraction of sp³-hybridized carbons (Fsp3) is 0.375. The van der Waals surface area contributed by atoms with E-state index in [1.54, 1.807) is 31.2 Å². The molecule has 1 unspecified atom stereocenters. The Hall–Kier alpha value is -4.05. The van der Waals surface area contributed by atoms with Crippen molar-refractivity contribution >= 4 is 27.5 Å². The second-order valence-corrected chi connectivity index (χ2v) is 12.4. The number of hydrogen-bond donors (Lipinski definition) is 1. The largest absolute Gasteiger partial charge is 0.493 e. The van der Waals surface area contributed by atoms with Gasteiger partial charge in [0.25, 0.3) is 10.0 Å². The minimum absolute atomic E-state index is 0.0600. The molecule has 1 N–H and O–H groups in total. The first kappa shape index (κ1) is 30.9. The standard InChI is InChI=1S/C32H39N3O6S/c1-23-14-16-27(17-15-23)35(42(38,39)28-18-19-29(40-3)30(20-28)41-4)22-31(36)34(21-25-10-6-5-7-11-25)24(2)32(37)33-26-12-8-9-13-26/h5-7,10-11,14-20,24,26H,8-9,12-13,21-22H2,1-4H3,(H,33,37). The van der Waals surface area contributed by atoms with Crippen molar-refractivity contribution in [2.24, 2.45) is 0 Å². The number of ether oxygens (including phenoxy) is 2. The van der Waals surface area contributed by atoms with Crippen LogP contribution in [0.3, 0.4) is 0 Å². The summed E-state index contributed by atoms with van der Waals surface area (Å²) in [7, 11) is -1.35. The third-order valence-electron chi connectivity index (χ3n) is 7.61. The summed E-state index contributed by atoms with van der Waals surface area (Å²) < 4.78 is 39.9. The zero-order valence-electron chi connectivity index (χ0n) is 24.6. The number of rotatable bonds is 12. The van der Waals surface area contributed by atoms with Crippen molar-refractivity contribution in [3.63, 3.8) is 0 Å². The Bertz CT molecular complexity index is 1470. The lowest BCUT2D eigenvalue weighted by molar-refractivity contribution is -0.139. The zero-order valence-corrected chi connectivity index (χ0v) is 25.4. The van der Waals surface area contributed by atoms with Gasteiger partial charge in [0.1, 0.15) is 12.6 Å². The van der Waals surface area contributed by atoms with Gasteiger partial charge in [-0.15, -0.1) is 0 Å². The van der Waals surface area contributed by atoms with Crippen LogP contribution in [0.2, 0.25) is 0 Å². The van der Waals surface area contributed by atoms with Gasteiger partial charge in [0.05, 0.1) is 24.8 Å². The molecule has 0 aromatic heterocycles. The summed E-state index contributed by atoms with van der Waals surface area (Å²) in [6.07, 6.45) is 3.95. The van der Waals surface area contributed by atoms with E-state index in [1.807, 2.05) is 37.3 Å². The van der Waals surface area contributed by atoms with Crippen molar-refractivity contribution in [3.8, 4) is 11.5 Å². The van der Waals surface area contributed by atoms with Gasteiger partial charge < -0.3 is 19.7 Å². The molecule has 1 saturated carbocycles. The van der Waals surface area contributed by atoms with Crippen LogP contribution in [0.4, 0.5) is 5.69 Å². The van der Waals surface area contributed by atoms with Gasteiger partial charge in [-0.2, -0.15) is 0 Å². The van der Waals surface area contributed by atoms with Gasteiger partial charge in [0.2, 0.25) is 11.8 Å². The van der Waals surface area contributed by atoms with Crippen molar-refractivity contribution in [1.82, 2.24) is 10.2 Å². The molecule has 0 radical (unpaired) electrons. The smallest absolute Gasteiger partial charge is 0.264 e. The second-order valence-electron chi connectivity index (χ2n) is 10.5. The van der Waals surface area contributed by atoms with Crippen molar-refractivity contribution in [3.05, 3.63) is 83.9 Å². The summed E-state index contributed by atoms with van der Waals surface area (Å²) in [5, 5.41) is 3.08. The van der Waals surface area contributed by atoms with E-state index in [9.17, 15) is 18.0 Å². The molecule has 2 amide bonds. The maximum absolute atomic E-state index is 14.1. The number of benzene rings is 3. The van der Waals surface area contributed by atoms with Crippen LogP contribution in [0, 0.1) is 6.92 Å². The average molecular weight is 594 g/mol. The molecule has 3 aromatic carbocycles. The van der Waals surface area contributed by atoms with Crippen molar-refractivity contribution in [2.75, 3.05) is 25.1 Å². The Kier molecular flexibility index (Phi) is 10.1. The number of carbonyl (C=O) groups excluding carboxylic acids is 2. The van der Waals surface area contributed by atoms with Crippen LogP contribution in [0.5, 0.6) is 11.5 Å². The number of nitrogens with zero attached hydrogens (tertiary/aromatic N) is 2. The van der Waals surface area contributed by atoms with Gasteiger partial charge in [0, 0.05) is 18.7 Å². The van der Waals surface area contributed by atoms with Crippen LogP contribution in [-0.2, 0) is 26.2 Å². The highest BCUT2D eigenvalue weighted by Crippen LogP contribution is 2.32. The molecule has 1 fully saturated rings. The van der Waals surface area contributed by atoms with Gasteiger partial charge in [-0.25, -0.2) is 8.42 Å². The molecule has 1 aliphatic carbocycles. The fourth-order valence-corrected chi connectivity index (χ4v) is 6.53. The van der Waals surface area contributed by atoms with Crippen LogP contribution in [0.1, 0.15) is 43.7 Å². The molecule has 1 aliphatic rings. The van der Waals surface area contributed by atoms with E-state index in [1.165, 1.54) is 37.3 Å². The molecule has 10 heteroatoms. The Morgan fingerprint density at radius 1 is 0.929 bits per heavy atom. The van der Waals surface area contributed by atoms with E-state index in [0.717, 1.165) is 41.1 Å². The summed E-state index contributed by atoms with van der Waals surface area (Å²) in [6.45, 7) is 3.23. The first-order chi connectivity index (χ1) is 20.1. The molecule has 4 rings (SSSR count). The SMILES string of the molecule is COc1ccc(S(=O)(=O)N(CC(=O)N(Cc2ccccc2)C(C)C(=O)NC2CCCC2)c2ccc(C)cc2)cc1OC. The number of nitrogens with one attached hydrogen (secondary N) is 1. The van der Waals surface area contributed by atoms with Crippen LogP contribution in [0.15, 0.2) is 77.7 Å². The Balaban J connectivity index is 1.70. The minimum atomic E-state index is -4.24. The number of amides is 2. The minimum Gasteiger partial charge on any atom is -0.493 e. The van der Waals surface area contributed by atoms with E-state index >= 15 is 0 Å². The van der Waals surface area contributed by atoms with Gasteiger partial charge in [0.15, 0.2) is 11.5 Å². The lowest BCUT2D eigenvalue weighted by Gasteiger charge is -2.32. The molecule has 0 spiro atoms. The van der Waals surface area contributed by atoms with Crippen molar-refractivity contribution in [1.29, 1.82) is 0 Å². The molecular formula is C32H39N3O6S. The van der Waals surface area contributed by atoms with Crippen LogP contribution in [0.25, 0.3) is 0 Å². The zero-order chi connectivity index (χ0) is 30.3. The molecule has 9 nitrogen and oxygen atoms in total. The highest BCUT2D eigenvalue weighted by atomic mass is 32.2. The highest BCUT2D eigenvalue weighted by Gasteiger charge is 2.33. The van der Waals surface area contributed by atoms with Gasteiger partial charge in [-0.05, 0) is 56.5 Å². The molecule has 0 saturated heterocycles. The Labute approximate surface area is 248 Å². The van der Waals surface area contributed by atoms with E-state index in [0.29, 0.717) is 11.4 Å². The Morgan fingerprint density at radius 3 is 2.19 bits per heavy atom. The molecule has 224 valence electrons. The van der Waals surface area contributed by atoms with Gasteiger partial charge in [-0.1, -0.05) is 60.9 Å². The van der Waals surface area contributed by atoms with E-state index < -0.39 is 28.5 Å². The van der Waals surface area contributed by atoms with E-state index in [4.69, 9.17) is 9.47 Å². The fourth-order valence-electron chi connectivity index (χ4n) is 5.10. The molecule has 3 aromatic rings. The van der Waals surface area contributed by atoms with Crippen LogP contribution in [-0.4, -0.2) is 58.0 Å². The van der Waals surface area contributed by atoms with Gasteiger partial charge in [-0.3, -0.25) is 13.9 Å². The summed E-state index contributed by atoms with van der Waals surface area (Å²) in [4.78, 5) is 28.8. The second kappa shape index (κ2) is 13.7. The van der Waals surface area contributed by atoms with Crippen LogP contribution >= 0.6 is 0 Å². The third kappa shape index (κ3) is 7.23. The molecule has 0 heterocycles. The molecule has 0 bridgehead atoms. The Morgan fingerprint density at radius 2 is 1.57 bits per heavy atom. The summed E-state index contributed by atoms with van der Waals surface area (Å²) in [5.41, 5.74) is 2.10. The third-order valence-corrected chi connectivity index (χ3v) is 9.38. The first-order valence-electron chi connectivity index (χ1n) is 14.1. The molecular weight excluding hydrogens is 554 g/mol. The average Bonchev–Trinajstić information content (AvgIpc) is 3.51. The molecule has 1 atom stereocenters. The topological polar surface area (TPSA) is 105 Å². The number of anilines is 1. The summed E-state index contributed by atoms with van der Waals surface area (Å²) in [6, 6.07) is 19.8. The molecule has 42 heavy (non-hydrogen) atoms. The predicted molar refractivity (Wildman–Crippen MR) is 162 cm³/mol. The number of methoxy groups -OCH3 is 2. The monoisotopic (exact) mass is 593 g/mol. The van der Waals surface area contributed by atoms with Crippen molar-refractivity contribution in [2.45, 2.75) is 63.1 Å². The highest BCUT2D eigenvalue weighted by molar-refractivity contribution is 7.92. The number of carbonyl (C=O) groups is 2.